The number of hydrogen-bond donors (Lipinski definition) is 1. The Hall–Kier alpha value is -3.91. The van der Waals surface area contributed by atoms with E-state index >= 15 is 0 Å². The van der Waals surface area contributed by atoms with Crippen molar-refractivity contribution in [1.82, 2.24) is 15.2 Å². The topological polar surface area (TPSA) is 86.2 Å². The predicted octanol–water partition coefficient (Wildman–Crippen LogP) is 6.47. The van der Waals surface area contributed by atoms with Crippen molar-refractivity contribution in [2.75, 3.05) is 19.5 Å². The van der Waals surface area contributed by atoms with Gasteiger partial charge in [0, 0.05) is 16.8 Å². The molecular weight excluding hydrogens is 484 g/mol. The summed E-state index contributed by atoms with van der Waals surface area (Å²) in [6.07, 6.45) is 0. The average Bonchev–Trinajstić information content (AvgIpc) is 2.93. The lowest BCUT2D eigenvalue weighted by molar-refractivity contribution is -0.115. The van der Waals surface area contributed by atoms with Gasteiger partial charge in [-0.2, -0.15) is 0 Å². The molecule has 190 valence electrons. The Balaban J connectivity index is 1.58. The van der Waals surface area contributed by atoms with Crippen LogP contribution in [0, 0.1) is 0 Å². The summed E-state index contributed by atoms with van der Waals surface area (Å²) in [5.41, 5.74) is 5.02. The number of thioether (sulfide) groups is 1. The van der Waals surface area contributed by atoms with Gasteiger partial charge in [-0.05, 0) is 79.1 Å². The second-order valence-electron chi connectivity index (χ2n) is 8.77. The highest BCUT2D eigenvalue weighted by molar-refractivity contribution is 8.00. The van der Waals surface area contributed by atoms with Gasteiger partial charge in [0.2, 0.25) is 11.1 Å². The smallest absolute Gasteiger partial charge is 0.237 e. The normalized spacial score (nSPS) is 11.7. The first kappa shape index (κ1) is 26.2. The summed E-state index contributed by atoms with van der Waals surface area (Å²) in [5.74, 6) is 1.81. The van der Waals surface area contributed by atoms with Crippen LogP contribution < -0.4 is 14.8 Å². The molecule has 37 heavy (non-hydrogen) atoms. The lowest BCUT2D eigenvalue weighted by Gasteiger charge is -2.14. The number of amides is 1. The Labute approximate surface area is 221 Å². The van der Waals surface area contributed by atoms with Crippen molar-refractivity contribution in [2.45, 2.75) is 37.1 Å². The highest BCUT2D eigenvalue weighted by Gasteiger charge is 2.20. The van der Waals surface area contributed by atoms with Crippen molar-refractivity contribution in [3.63, 3.8) is 0 Å². The van der Waals surface area contributed by atoms with Crippen molar-refractivity contribution >= 4 is 23.4 Å². The third kappa shape index (κ3) is 6.46. The third-order valence-electron chi connectivity index (χ3n) is 5.89. The van der Waals surface area contributed by atoms with Crippen LogP contribution in [0.1, 0.15) is 32.3 Å². The van der Waals surface area contributed by atoms with Crippen molar-refractivity contribution in [3.8, 4) is 34.0 Å². The fourth-order valence-corrected chi connectivity index (χ4v) is 4.38. The number of anilines is 1. The van der Waals surface area contributed by atoms with Gasteiger partial charge in [0.25, 0.3) is 0 Å². The molecule has 1 heterocycles. The van der Waals surface area contributed by atoms with Gasteiger partial charge in [0.05, 0.1) is 19.5 Å². The molecule has 0 spiro atoms. The van der Waals surface area contributed by atoms with Crippen LogP contribution in [0.3, 0.4) is 0 Å². The summed E-state index contributed by atoms with van der Waals surface area (Å²) in [5, 5.41) is 11.8. The molecule has 3 aromatic carbocycles. The van der Waals surface area contributed by atoms with Crippen LogP contribution in [0.15, 0.2) is 78.0 Å². The Morgan fingerprint density at radius 2 is 1.30 bits per heavy atom. The molecule has 0 saturated heterocycles. The summed E-state index contributed by atoms with van der Waals surface area (Å²) >= 11 is 1.26. The third-order valence-corrected chi connectivity index (χ3v) is 6.84. The van der Waals surface area contributed by atoms with Crippen LogP contribution in [0.5, 0.6) is 11.5 Å². The zero-order valence-electron chi connectivity index (χ0n) is 21.6. The number of nitrogens with one attached hydrogen (secondary N) is 1. The lowest BCUT2D eigenvalue weighted by atomic mass is 10.0. The minimum absolute atomic E-state index is 0.129. The Morgan fingerprint density at radius 3 is 1.81 bits per heavy atom. The van der Waals surface area contributed by atoms with E-state index in [1.807, 2.05) is 79.7 Å². The summed E-state index contributed by atoms with van der Waals surface area (Å²) in [6.45, 7) is 6.11. The predicted molar refractivity (Wildman–Crippen MR) is 148 cm³/mol. The van der Waals surface area contributed by atoms with Crippen LogP contribution in [0.25, 0.3) is 22.5 Å². The van der Waals surface area contributed by atoms with Crippen LogP contribution in [0.4, 0.5) is 5.69 Å². The standard InChI is InChI=1S/C29H30N4O3S/c1-18(2)20-6-12-23(13-7-20)30-28(34)19(3)37-29-31-26(21-8-14-24(35-4)15-9-21)27(32-33-29)22-10-16-25(36-5)17-11-22/h6-19H,1-5H3,(H,30,34). The van der Waals surface area contributed by atoms with Gasteiger partial charge in [-0.1, -0.05) is 37.7 Å². The number of rotatable bonds is 9. The van der Waals surface area contributed by atoms with E-state index in [0.29, 0.717) is 22.5 Å². The van der Waals surface area contributed by atoms with Crippen molar-refractivity contribution < 1.29 is 14.3 Å². The molecule has 1 N–H and O–H groups in total. The molecule has 8 heteroatoms. The number of methoxy groups -OCH3 is 2. The van der Waals surface area contributed by atoms with E-state index in [4.69, 9.17) is 14.5 Å². The minimum Gasteiger partial charge on any atom is -0.497 e. The zero-order valence-corrected chi connectivity index (χ0v) is 22.4. The van der Waals surface area contributed by atoms with Gasteiger partial charge in [-0.15, -0.1) is 10.2 Å². The van der Waals surface area contributed by atoms with Crippen molar-refractivity contribution in [2.24, 2.45) is 0 Å². The number of nitrogens with zero attached hydrogens (tertiary/aromatic N) is 3. The molecule has 1 aromatic heterocycles. The molecule has 0 fully saturated rings. The maximum atomic E-state index is 12.9. The lowest BCUT2D eigenvalue weighted by Crippen LogP contribution is -2.22. The fraction of sp³-hybridized carbons (Fsp3) is 0.241. The molecule has 7 nitrogen and oxygen atoms in total. The second-order valence-corrected chi connectivity index (χ2v) is 10.1. The summed E-state index contributed by atoms with van der Waals surface area (Å²) in [6, 6.07) is 23.1. The second kappa shape index (κ2) is 11.9. The van der Waals surface area contributed by atoms with Gasteiger partial charge in [-0.3, -0.25) is 4.79 Å². The van der Waals surface area contributed by atoms with Gasteiger partial charge < -0.3 is 14.8 Å². The quantitative estimate of drug-likeness (QED) is 0.256. The highest BCUT2D eigenvalue weighted by Crippen LogP contribution is 2.32. The van der Waals surface area contributed by atoms with E-state index in [1.54, 1.807) is 14.2 Å². The SMILES string of the molecule is COc1ccc(-c2nnc(SC(C)C(=O)Nc3ccc(C(C)C)cc3)nc2-c2ccc(OC)cc2)cc1. The van der Waals surface area contributed by atoms with Gasteiger partial charge >= 0.3 is 0 Å². The summed E-state index contributed by atoms with van der Waals surface area (Å²) < 4.78 is 10.6. The van der Waals surface area contributed by atoms with Crippen molar-refractivity contribution in [3.05, 3.63) is 78.4 Å². The summed E-state index contributed by atoms with van der Waals surface area (Å²) in [7, 11) is 3.26. The molecule has 0 aliphatic carbocycles. The van der Waals surface area contributed by atoms with E-state index in [-0.39, 0.29) is 5.91 Å². The number of benzene rings is 3. The highest BCUT2D eigenvalue weighted by atomic mass is 32.2. The minimum atomic E-state index is -0.429. The van der Waals surface area contributed by atoms with Crippen LogP contribution >= 0.6 is 11.8 Å². The molecule has 0 aliphatic heterocycles. The van der Waals surface area contributed by atoms with E-state index in [2.05, 4.69) is 29.4 Å². The van der Waals surface area contributed by atoms with Gasteiger partial charge in [-0.25, -0.2) is 4.98 Å². The molecule has 1 unspecified atom stereocenters. The van der Waals surface area contributed by atoms with E-state index < -0.39 is 5.25 Å². The maximum absolute atomic E-state index is 12.9. The van der Waals surface area contributed by atoms with E-state index in [9.17, 15) is 4.79 Å². The average molecular weight is 515 g/mol. The molecule has 0 aliphatic rings. The fourth-order valence-electron chi connectivity index (χ4n) is 3.66. The molecule has 0 bridgehead atoms. The molecule has 0 saturated carbocycles. The van der Waals surface area contributed by atoms with Crippen LogP contribution in [0.2, 0.25) is 0 Å². The Kier molecular flexibility index (Phi) is 8.40. The first-order chi connectivity index (χ1) is 17.9. The first-order valence-electron chi connectivity index (χ1n) is 12.0. The van der Waals surface area contributed by atoms with Crippen LogP contribution in [-0.4, -0.2) is 40.6 Å². The number of hydrogen-bond acceptors (Lipinski definition) is 7. The monoisotopic (exact) mass is 514 g/mol. The van der Waals surface area contributed by atoms with Crippen LogP contribution in [-0.2, 0) is 4.79 Å². The van der Waals surface area contributed by atoms with Gasteiger partial charge in [0.15, 0.2) is 0 Å². The molecule has 1 amide bonds. The maximum Gasteiger partial charge on any atom is 0.237 e. The molecule has 1 atom stereocenters. The number of carbonyl (C=O) groups is 1. The zero-order chi connectivity index (χ0) is 26.4. The van der Waals surface area contributed by atoms with E-state index in [1.165, 1.54) is 17.3 Å². The molecule has 4 aromatic rings. The molecular formula is C29H30N4O3S. The number of ether oxygens (including phenoxy) is 2. The Bertz CT molecular complexity index is 1340. The number of aromatic nitrogens is 3. The first-order valence-corrected chi connectivity index (χ1v) is 12.9. The molecule has 0 radical (unpaired) electrons. The molecule has 4 rings (SSSR count). The number of carbonyl (C=O) groups excluding carboxylic acids is 1. The van der Waals surface area contributed by atoms with E-state index in [0.717, 1.165) is 28.3 Å². The Morgan fingerprint density at radius 1 is 0.757 bits per heavy atom. The van der Waals surface area contributed by atoms with Gasteiger partial charge in [0.1, 0.15) is 22.9 Å². The van der Waals surface area contributed by atoms with Crippen molar-refractivity contribution in [1.29, 1.82) is 0 Å². The summed E-state index contributed by atoms with van der Waals surface area (Å²) in [4.78, 5) is 17.7. The largest absolute Gasteiger partial charge is 0.497 e.